The third-order valence-electron chi connectivity index (χ3n) is 5.22. The Morgan fingerprint density at radius 1 is 1.00 bits per heavy atom. The number of hydrogen-bond acceptors (Lipinski definition) is 4. The Morgan fingerprint density at radius 3 is 2.17 bits per heavy atom. The molecule has 2 rings (SSSR count). The lowest BCUT2D eigenvalue weighted by atomic mass is 10.0. The number of benzene rings is 1. The number of nitrogens with one attached hydrogen (secondary N) is 1. The molecule has 0 radical (unpaired) electrons. The lowest BCUT2D eigenvalue weighted by Gasteiger charge is -2.03. The highest BCUT2D eigenvalue weighted by Gasteiger charge is 2.12. The van der Waals surface area contributed by atoms with Gasteiger partial charge in [0.05, 0.1) is 15.9 Å². The molecular weight excluding hydrogens is 404 g/mol. The number of thiocarbonyl (C=S) groups is 1. The Kier molecular flexibility index (Phi) is 10.2. The van der Waals surface area contributed by atoms with Crippen LogP contribution in [-0.4, -0.2) is 27.8 Å². The van der Waals surface area contributed by atoms with E-state index in [1.165, 1.54) is 76.3 Å². The van der Waals surface area contributed by atoms with Crippen molar-refractivity contribution < 1.29 is 13.0 Å². The Bertz CT molecular complexity index is 875. The molecule has 0 aliphatic rings. The van der Waals surface area contributed by atoms with Crippen LogP contribution in [0.4, 0.5) is 0 Å². The smallest absolute Gasteiger partial charge is 0.294 e. The van der Waals surface area contributed by atoms with Crippen LogP contribution in [0.3, 0.4) is 0 Å². The Labute approximate surface area is 180 Å². The van der Waals surface area contributed by atoms with Crippen LogP contribution in [0.15, 0.2) is 23.1 Å². The zero-order valence-corrected chi connectivity index (χ0v) is 19.1. The zero-order valence-electron chi connectivity index (χ0n) is 17.5. The molecule has 0 aliphatic carbocycles. The van der Waals surface area contributed by atoms with Crippen LogP contribution in [0.2, 0.25) is 0 Å². The van der Waals surface area contributed by atoms with Crippen molar-refractivity contribution in [2.75, 3.05) is 0 Å². The van der Waals surface area contributed by atoms with E-state index in [2.05, 4.69) is 16.9 Å². The summed E-state index contributed by atoms with van der Waals surface area (Å²) in [4.78, 5) is 8.40. The highest BCUT2D eigenvalue weighted by molar-refractivity contribution is 7.85. The highest BCUT2D eigenvalue weighted by Crippen LogP contribution is 2.18. The summed E-state index contributed by atoms with van der Waals surface area (Å²) in [7, 11) is -4.21. The first kappa shape index (κ1) is 24.0. The van der Waals surface area contributed by atoms with Crippen molar-refractivity contribution in [2.45, 2.75) is 95.3 Å². The van der Waals surface area contributed by atoms with E-state index in [1.54, 1.807) is 6.07 Å². The van der Waals surface area contributed by atoms with E-state index in [0.29, 0.717) is 17.5 Å². The van der Waals surface area contributed by atoms with Gasteiger partial charge >= 0.3 is 0 Å². The Hall–Kier alpha value is -1.31. The number of fused-ring (bicyclic) bond motifs is 1. The van der Waals surface area contributed by atoms with Gasteiger partial charge in [-0.1, -0.05) is 83.3 Å². The van der Waals surface area contributed by atoms with Gasteiger partial charge in [-0.2, -0.15) is 8.42 Å². The van der Waals surface area contributed by atoms with E-state index in [1.807, 2.05) is 0 Å². The van der Waals surface area contributed by atoms with Gasteiger partial charge in [0.25, 0.3) is 10.1 Å². The van der Waals surface area contributed by atoms with Crippen molar-refractivity contribution in [3.05, 3.63) is 24.0 Å². The molecule has 5 nitrogen and oxygen atoms in total. The normalized spacial score (nSPS) is 11.9. The number of aromatic amines is 1. The highest BCUT2D eigenvalue weighted by atomic mass is 32.2. The molecular formula is C22H34N2O3S2. The van der Waals surface area contributed by atoms with Crippen molar-refractivity contribution in [3.8, 4) is 0 Å². The molecule has 162 valence electrons. The average Bonchev–Trinajstić information content (AvgIpc) is 3.06. The molecule has 1 aromatic carbocycles. The van der Waals surface area contributed by atoms with Crippen molar-refractivity contribution in [2.24, 2.45) is 0 Å². The fraction of sp³-hybridized carbons (Fsp3) is 0.636. The molecule has 0 atom stereocenters. The molecule has 0 saturated carbocycles. The topological polar surface area (TPSA) is 83.1 Å². The first-order chi connectivity index (χ1) is 13.9. The number of hydrogen-bond donors (Lipinski definition) is 2. The lowest BCUT2D eigenvalue weighted by Crippen LogP contribution is -2.01. The number of rotatable bonds is 15. The summed E-state index contributed by atoms with van der Waals surface area (Å²) in [5.41, 5.74) is 1.26. The molecule has 2 N–H and O–H groups in total. The molecule has 0 unspecified atom stereocenters. The molecule has 2 aromatic rings. The summed E-state index contributed by atoms with van der Waals surface area (Å²) in [5, 5.41) is 0. The van der Waals surface area contributed by atoms with Crippen LogP contribution >= 0.6 is 12.2 Å². The fourth-order valence-corrected chi connectivity index (χ4v) is 4.34. The summed E-state index contributed by atoms with van der Waals surface area (Å²) >= 11 is 5.50. The van der Waals surface area contributed by atoms with E-state index >= 15 is 0 Å². The first-order valence-corrected chi connectivity index (χ1v) is 12.7. The van der Waals surface area contributed by atoms with E-state index in [9.17, 15) is 8.42 Å². The van der Waals surface area contributed by atoms with Gasteiger partial charge in [-0.25, -0.2) is 4.98 Å². The van der Waals surface area contributed by atoms with Crippen LogP contribution in [0.25, 0.3) is 11.0 Å². The van der Waals surface area contributed by atoms with Gasteiger partial charge in [-0.15, -0.1) is 0 Å². The van der Waals surface area contributed by atoms with Gasteiger partial charge in [0.1, 0.15) is 5.82 Å². The minimum absolute atomic E-state index is 0.135. The number of H-pyrrole nitrogens is 1. The number of unbranched alkanes of at least 4 members (excludes halogenated alkanes) is 10. The van der Waals surface area contributed by atoms with Gasteiger partial charge < -0.3 is 4.98 Å². The minimum Gasteiger partial charge on any atom is -0.342 e. The molecule has 0 spiro atoms. The maximum Gasteiger partial charge on any atom is 0.294 e. The van der Waals surface area contributed by atoms with Crippen LogP contribution < -0.4 is 0 Å². The molecule has 0 aliphatic heterocycles. The Balaban J connectivity index is 1.62. The molecule has 1 heterocycles. The summed E-state index contributed by atoms with van der Waals surface area (Å²) in [6.07, 6.45) is 16.0. The van der Waals surface area contributed by atoms with Gasteiger partial charge in [0.15, 0.2) is 0 Å². The van der Waals surface area contributed by atoms with Crippen LogP contribution in [-0.2, 0) is 16.5 Å². The predicted octanol–water partition coefficient (Wildman–Crippen LogP) is 6.42. The second-order valence-electron chi connectivity index (χ2n) is 7.84. The second-order valence-corrected chi connectivity index (χ2v) is 9.84. The van der Waals surface area contributed by atoms with Gasteiger partial charge in [0.2, 0.25) is 0 Å². The van der Waals surface area contributed by atoms with E-state index in [0.717, 1.165) is 23.5 Å². The van der Waals surface area contributed by atoms with Crippen molar-refractivity contribution in [1.82, 2.24) is 9.97 Å². The molecule has 7 heteroatoms. The first-order valence-electron chi connectivity index (χ1n) is 10.9. The fourth-order valence-electron chi connectivity index (χ4n) is 3.55. The molecule has 29 heavy (non-hydrogen) atoms. The summed E-state index contributed by atoms with van der Waals surface area (Å²) < 4.78 is 31.6. The molecule has 0 saturated heterocycles. The van der Waals surface area contributed by atoms with Crippen LogP contribution in [0.1, 0.15) is 89.8 Å². The maximum absolute atomic E-state index is 11.2. The third-order valence-corrected chi connectivity index (χ3v) is 6.42. The van der Waals surface area contributed by atoms with Gasteiger partial charge in [0, 0.05) is 11.3 Å². The predicted molar refractivity (Wildman–Crippen MR) is 123 cm³/mol. The average molecular weight is 439 g/mol. The van der Waals surface area contributed by atoms with E-state index < -0.39 is 10.1 Å². The summed E-state index contributed by atoms with van der Waals surface area (Å²) in [5.74, 6) is 0.737. The standard InChI is InChI=1S/C22H34N2O3S2/c1-2-3-4-5-6-7-8-9-10-11-12-13-18(28)16-22-23-20-15-14-19(29(25,26)27)17-21(20)24-22/h14-15,17H,2-13,16H2,1H3,(H,23,24)(H,25,26,27). The third kappa shape index (κ3) is 8.93. The number of aromatic nitrogens is 2. The molecule has 0 fully saturated rings. The van der Waals surface area contributed by atoms with Crippen molar-refractivity contribution in [1.29, 1.82) is 0 Å². The van der Waals surface area contributed by atoms with Gasteiger partial charge in [-0.05, 0) is 31.0 Å². The molecule has 0 amide bonds. The largest absolute Gasteiger partial charge is 0.342 e. The zero-order chi connectivity index (χ0) is 21.1. The number of imidazole rings is 1. The SMILES string of the molecule is CCCCCCCCCCCCCC(=S)Cc1nc2ccc(S(=O)(=O)O)cc2[nH]1. The lowest BCUT2D eigenvalue weighted by molar-refractivity contribution is 0.483. The van der Waals surface area contributed by atoms with Crippen LogP contribution in [0, 0.1) is 0 Å². The van der Waals surface area contributed by atoms with Crippen molar-refractivity contribution >= 4 is 38.2 Å². The summed E-state index contributed by atoms with van der Waals surface area (Å²) in [6, 6.07) is 4.34. The van der Waals surface area contributed by atoms with Crippen molar-refractivity contribution in [3.63, 3.8) is 0 Å². The maximum atomic E-state index is 11.2. The Morgan fingerprint density at radius 2 is 1.59 bits per heavy atom. The van der Waals surface area contributed by atoms with Crippen LogP contribution in [0.5, 0.6) is 0 Å². The monoisotopic (exact) mass is 438 g/mol. The minimum atomic E-state index is -4.21. The van der Waals surface area contributed by atoms with Gasteiger partial charge in [-0.3, -0.25) is 4.55 Å². The molecule has 0 bridgehead atoms. The van der Waals surface area contributed by atoms with E-state index in [-0.39, 0.29) is 4.90 Å². The van der Waals surface area contributed by atoms with E-state index in [4.69, 9.17) is 16.8 Å². The second kappa shape index (κ2) is 12.4. The summed E-state index contributed by atoms with van der Waals surface area (Å²) in [6.45, 7) is 2.25. The quantitative estimate of drug-likeness (QED) is 0.190. The number of nitrogens with zero attached hydrogens (tertiary/aromatic N) is 1. The molecule has 1 aromatic heterocycles.